The predicted molar refractivity (Wildman–Crippen MR) is 107 cm³/mol. The maximum absolute atomic E-state index is 13.3. The Morgan fingerprint density at radius 2 is 1.64 bits per heavy atom. The Morgan fingerprint density at radius 3 is 2.32 bits per heavy atom. The Hall–Kier alpha value is -2.66. The van der Waals surface area contributed by atoms with Gasteiger partial charge >= 0.3 is 6.09 Å². The molecule has 2 amide bonds. The fourth-order valence-electron chi connectivity index (χ4n) is 4.30. The van der Waals surface area contributed by atoms with Crippen LogP contribution in [-0.4, -0.2) is 47.5 Å². The molecule has 2 fully saturated rings. The van der Waals surface area contributed by atoms with Crippen LogP contribution in [0.5, 0.6) is 0 Å². The number of benzene rings is 2. The number of ether oxygens (including phenoxy) is 1. The molecule has 0 radical (unpaired) electrons. The lowest BCUT2D eigenvalue weighted by Crippen LogP contribution is -2.45. The maximum atomic E-state index is 13.3. The van der Waals surface area contributed by atoms with Gasteiger partial charge in [-0.05, 0) is 23.5 Å². The monoisotopic (exact) mass is 378 g/mol. The predicted octanol–water partition coefficient (Wildman–Crippen LogP) is 3.34. The Morgan fingerprint density at radius 1 is 1.00 bits per heavy atom. The molecule has 2 aliphatic heterocycles. The summed E-state index contributed by atoms with van der Waals surface area (Å²) in [6.07, 6.45) is 0.132. The molecule has 0 saturated carbocycles. The summed E-state index contributed by atoms with van der Waals surface area (Å²) >= 11 is 0. The minimum absolute atomic E-state index is 0.0912. The van der Waals surface area contributed by atoms with Crippen molar-refractivity contribution in [3.8, 4) is 0 Å². The molecule has 0 bridgehead atoms. The number of rotatable bonds is 5. The van der Waals surface area contributed by atoms with E-state index < -0.39 is 6.09 Å². The third-order valence-corrected chi connectivity index (χ3v) is 5.77. The SMILES string of the molecule is C[C@H]1CN(Cc2ccccc2)C[C@H]1C(=O)N1C(=O)OC[C@@H]1Cc1ccccc1. The lowest BCUT2D eigenvalue weighted by Gasteiger charge is -2.24. The first kappa shape index (κ1) is 18.7. The van der Waals surface area contributed by atoms with Crippen LogP contribution in [-0.2, 0) is 22.5 Å². The second-order valence-electron chi connectivity index (χ2n) is 7.89. The lowest BCUT2D eigenvalue weighted by atomic mass is 9.95. The highest BCUT2D eigenvalue weighted by molar-refractivity contribution is 5.95. The second kappa shape index (κ2) is 8.15. The summed E-state index contributed by atoms with van der Waals surface area (Å²) in [4.78, 5) is 29.3. The van der Waals surface area contributed by atoms with E-state index in [1.165, 1.54) is 10.5 Å². The van der Waals surface area contributed by atoms with Gasteiger partial charge in [0.05, 0.1) is 12.0 Å². The quantitative estimate of drug-likeness (QED) is 0.801. The summed E-state index contributed by atoms with van der Waals surface area (Å²) in [7, 11) is 0. The van der Waals surface area contributed by atoms with Crippen molar-refractivity contribution in [2.75, 3.05) is 19.7 Å². The molecular formula is C23H26N2O3. The normalized spacial score (nSPS) is 25.1. The van der Waals surface area contributed by atoms with Crippen molar-refractivity contribution in [1.82, 2.24) is 9.80 Å². The van der Waals surface area contributed by atoms with Gasteiger partial charge in [-0.1, -0.05) is 67.6 Å². The largest absolute Gasteiger partial charge is 0.447 e. The zero-order valence-corrected chi connectivity index (χ0v) is 16.2. The van der Waals surface area contributed by atoms with Gasteiger partial charge in [-0.25, -0.2) is 9.69 Å². The van der Waals surface area contributed by atoms with E-state index in [1.54, 1.807) is 0 Å². The Kier molecular flexibility index (Phi) is 5.44. The second-order valence-corrected chi connectivity index (χ2v) is 7.89. The fourth-order valence-corrected chi connectivity index (χ4v) is 4.30. The highest BCUT2D eigenvalue weighted by Crippen LogP contribution is 2.29. The highest BCUT2D eigenvalue weighted by atomic mass is 16.6. The molecule has 4 rings (SSSR count). The molecular weight excluding hydrogens is 352 g/mol. The first-order chi connectivity index (χ1) is 13.6. The van der Waals surface area contributed by atoms with Gasteiger partial charge < -0.3 is 4.74 Å². The van der Waals surface area contributed by atoms with Crippen molar-refractivity contribution >= 4 is 12.0 Å². The van der Waals surface area contributed by atoms with Gasteiger partial charge in [0.2, 0.25) is 5.91 Å². The van der Waals surface area contributed by atoms with Crippen molar-refractivity contribution in [1.29, 1.82) is 0 Å². The average molecular weight is 378 g/mol. The minimum Gasteiger partial charge on any atom is -0.447 e. The van der Waals surface area contributed by atoms with Crippen LogP contribution >= 0.6 is 0 Å². The van der Waals surface area contributed by atoms with Crippen LogP contribution in [0.25, 0.3) is 0 Å². The Labute approximate surface area is 165 Å². The lowest BCUT2D eigenvalue weighted by molar-refractivity contribution is -0.134. The van der Waals surface area contributed by atoms with Crippen molar-refractivity contribution in [2.45, 2.75) is 25.9 Å². The molecule has 5 heteroatoms. The number of likely N-dealkylation sites (tertiary alicyclic amines) is 1. The summed E-state index contributed by atoms with van der Waals surface area (Å²) in [6.45, 7) is 4.73. The molecule has 28 heavy (non-hydrogen) atoms. The van der Waals surface area contributed by atoms with Crippen LogP contribution in [0, 0.1) is 11.8 Å². The number of amides is 2. The summed E-state index contributed by atoms with van der Waals surface area (Å²) in [5, 5.41) is 0. The summed E-state index contributed by atoms with van der Waals surface area (Å²) in [5.41, 5.74) is 2.35. The van der Waals surface area contributed by atoms with E-state index >= 15 is 0 Å². The van der Waals surface area contributed by atoms with Gasteiger partial charge in [0, 0.05) is 19.6 Å². The fraction of sp³-hybridized carbons (Fsp3) is 0.391. The summed E-state index contributed by atoms with van der Waals surface area (Å²) in [5.74, 6) is -0.0545. The number of nitrogens with zero attached hydrogens (tertiary/aromatic N) is 2. The van der Waals surface area contributed by atoms with Crippen molar-refractivity contribution < 1.29 is 14.3 Å². The minimum atomic E-state index is -0.500. The molecule has 2 heterocycles. The van der Waals surface area contributed by atoms with E-state index in [-0.39, 0.29) is 30.4 Å². The van der Waals surface area contributed by atoms with Crippen molar-refractivity contribution in [2.24, 2.45) is 11.8 Å². The third kappa shape index (κ3) is 3.94. The molecule has 0 aromatic heterocycles. The average Bonchev–Trinajstić information content (AvgIpc) is 3.25. The molecule has 5 nitrogen and oxygen atoms in total. The first-order valence-corrected chi connectivity index (χ1v) is 9.92. The summed E-state index contributed by atoms with van der Waals surface area (Å²) in [6, 6.07) is 20.0. The van der Waals surface area contributed by atoms with E-state index in [1.807, 2.05) is 48.5 Å². The number of hydrogen-bond acceptors (Lipinski definition) is 4. The molecule has 2 aromatic rings. The smallest absolute Gasteiger partial charge is 0.416 e. The Balaban J connectivity index is 1.44. The molecule has 0 aliphatic carbocycles. The van der Waals surface area contributed by atoms with Gasteiger partial charge in [0.1, 0.15) is 6.61 Å². The van der Waals surface area contributed by atoms with Crippen LogP contribution < -0.4 is 0 Å². The molecule has 0 N–H and O–H groups in total. The zero-order valence-electron chi connectivity index (χ0n) is 16.2. The standard InChI is InChI=1S/C23H26N2O3/c1-17-13-24(14-19-10-6-3-7-11-19)15-21(17)22(26)25-20(16-28-23(25)27)12-18-8-4-2-5-9-18/h2-11,17,20-21H,12-16H2,1H3/t17-,20-,21+/m0/s1. The topological polar surface area (TPSA) is 49.9 Å². The van der Waals surface area contributed by atoms with Gasteiger partial charge in [-0.15, -0.1) is 0 Å². The number of carbonyl (C=O) groups is 2. The number of carbonyl (C=O) groups excluding carboxylic acids is 2. The van der Waals surface area contributed by atoms with E-state index in [4.69, 9.17) is 4.74 Å². The Bertz CT molecular complexity index is 824. The van der Waals surface area contributed by atoms with E-state index in [2.05, 4.69) is 24.0 Å². The highest BCUT2D eigenvalue weighted by Gasteiger charge is 2.44. The molecule has 3 atom stereocenters. The van der Waals surface area contributed by atoms with Gasteiger partial charge in [0.25, 0.3) is 0 Å². The molecule has 2 aromatic carbocycles. The molecule has 146 valence electrons. The summed E-state index contributed by atoms with van der Waals surface area (Å²) < 4.78 is 5.24. The van der Waals surface area contributed by atoms with Crippen molar-refractivity contribution in [3.63, 3.8) is 0 Å². The van der Waals surface area contributed by atoms with Crippen LogP contribution in [0.4, 0.5) is 4.79 Å². The van der Waals surface area contributed by atoms with Gasteiger partial charge in [-0.2, -0.15) is 0 Å². The molecule has 2 saturated heterocycles. The van der Waals surface area contributed by atoms with Crippen LogP contribution in [0.1, 0.15) is 18.1 Å². The first-order valence-electron chi connectivity index (χ1n) is 9.92. The molecule has 0 spiro atoms. The van der Waals surface area contributed by atoms with Crippen LogP contribution in [0.15, 0.2) is 60.7 Å². The number of hydrogen-bond donors (Lipinski definition) is 0. The van der Waals surface area contributed by atoms with E-state index in [0.29, 0.717) is 13.0 Å². The van der Waals surface area contributed by atoms with E-state index in [0.717, 1.165) is 18.7 Å². The van der Waals surface area contributed by atoms with Gasteiger partial charge in [0.15, 0.2) is 0 Å². The van der Waals surface area contributed by atoms with Gasteiger partial charge in [-0.3, -0.25) is 9.69 Å². The molecule has 2 aliphatic rings. The third-order valence-electron chi connectivity index (χ3n) is 5.77. The molecule has 0 unspecified atom stereocenters. The van der Waals surface area contributed by atoms with Crippen LogP contribution in [0.3, 0.4) is 0 Å². The maximum Gasteiger partial charge on any atom is 0.416 e. The number of imide groups is 1. The van der Waals surface area contributed by atoms with E-state index in [9.17, 15) is 9.59 Å². The number of cyclic esters (lactones) is 1. The van der Waals surface area contributed by atoms with Crippen molar-refractivity contribution in [3.05, 3.63) is 71.8 Å². The van der Waals surface area contributed by atoms with Crippen LogP contribution in [0.2, 0.25) is 0 Å². The zero-order chi connectivity index (χ0) is 19.5.